The van der Waals surface area contributed by atoms with Crippen LogP contribution in [0.3, 0.4) is 0 Å². The number of aryl methyl sites for hydroxylation is 2. The molecule has 1 aliphatic heterocycles. The Balaban J connectivity index is 1.59. The molecule has 24 heavy (non-hydrogen) atoms. The number of aromatic nitrogens is 2. The van der Waals surface area contributed by atoms with Crippen molar-refractivity contribution in [3.63, 3.8) is 0 Å². The van der Waals surface area contributed by atoms with Crippen molar-refractivity contribution in [2.75, 3.05) is 13.1 Å². The van der Waals surface area contributed by atoms with E-state index < -0.39 is 5.60 Å². The van der Waals surface area contributed by atoms with Crippen LogP contribution >= 0.6 is 0 Å². The molecule has 1 unspecified atom stereocenters. The van der Waals surface area contributed by atoms with Gasteiger partial charge in [-0.1, -0.05) is 19.3 Å². The predicted molar refractivity (Wildman–Crippen MR) is 90.6 cm³/mol. The molecule has 3 aliphatic rings. The Morgan fingerprint density at radius 1 is 1.17 bits per heavy atom. The molecule has 130 valence electrons. The average Bonchev–Trinajstić information content (AvgIpc) is 2.92. The minimum atomic E-state index is -1.13. The molecule has 1 saturated carbocycles. The lowest BCUT2D eigenvalue weighted by molar-refractivity contribution is -0.157. The summed E-state index contributed by atoms with van der Waals surface area (Å²) in [7, 11) is 0. The van der Waals surface area contributed by atoms with Gasteiger partial charge in [0.15, 0.2) is 0 Å². The van der Waals surface area contributed by atoms with E-state index in [1.807, 2.05) is 18.0 Å². The molecule has 2 aliphatic carbocycles. The van der Waals surface area contributed by atoms with Crippen molar-refractivity contribution in [2.24, 2.45) is 0 Å². The van der Waals surface area contributed by atoms with E-state index in [2.05, 4.69) is 4.98 Å². The van der Waals surface area contributed by atoms with Gasteiger partial charge in [0.25, 0.3) is 5.91 Å². The monoisotopic (exact) mass is 329 g/mol. The number of hydrogen-bond donors (Lipinski definition) is 1. The largest absolute Gasteiger partial charge is 0.380 e. The van der Waals surface area contributed by atoms with Gasteiger partial charge < -0.3 is 10.0 Å². The summed E-state index contributed by atoms with van der Waals surface area (Å²) in [5.41, 5.74) is 1.25. The maximum atomic E-state index is 13.0. The van der Waals surface area contributed by atoms with Crippen molar-refractivity contribution in [1.29, 1.82) is 0 Å². The molecular formula is C19H27N3O2. The Morgan fingerprint density at radius 3 is 2.75 bits per heavy atom. The van der Waals surface area contributed by atoms with Crippen LogP contribution in [0.1, 0.15) is 68.4 Å². The van der Waals surface area contributed by atoms with E-state index in [1.54, 1.807) is 0 Å². The zero-order valence-electron chi connectivity index (χ0n) is 14.6. The van der Waals surface area contributed by atoms with Crippen LogP contribution in [0.4, 0.5) is 0 Å². The highest BCUT2D eigenvalue weighted by atomic mass is 16.3. The minimum Gasteiger partial charge on any atom is -0.380 e. The number of aliphatic hydroxyl groups is 1. The van der Waals surface area contributed by atoms with Gasteiger partial charge in [-0.3, -0.25) is 4.79 Å². The molecule has 2 heterocycles. The fraction of sp³-hybridized carbons (Fsp3) is 0.737. The molecule has 1 N–H and O–H groups in total. The second-order valence-electron chi connectivity index (χ2n) is 7.99. The molecule has 5 nitrogen and oxygen atoms in total. The standard InChI is InChI=1S/C19H27N3O2/c1-14-20-12-15-6-10-18(16(15)21-14)7-5-11-22(13-18)17(23)19(24)8-3-2-4-9-19/h12,24H,2-11,13H2,1H3. The molecule has 5 heteroatoms. The van der Waals surface area contributed by atoms with Crippen molar-refractivity contribution in [3.8, 4) is 0 Å². The first kappa shape index (κ1) is 16.0. The van der Waals surface area contributed by atoms with E-state index in [-0.39, 0.29) is 11.3 Å². The Morgan fingerprint density at radius 2 is 1.96 bits per heavy atom. The SMILES string of the molecule is Cc1ncc2c(n1)C1(CCCN(C(=O)C3(O)CCCCC3)C1)CC2. The summed E-state index contributed by atoms with van der Waals surface area (Å²) in [6.45, 7) is 3.41. The summed E-state index contributed by atoms with van der Waals surface area (Å²) >= 11 is 0. The normalized spacial score (nSPS) is 28.8. The van der Waals surface area contributed by atoms with Crippen LogP contribution in [0.15, 0.2) is 6.20 Å². The van der Waals surface area contributed by atoms with Crippen molar-refractivity contribution >= 4 is 5.91 Å². The number of rotatable bonds is 1. The van der Waals surface area contributed by atoms with Gasteiger partial charge in [-0.25, -0.2) is 9.97 Å². The molecule has 1 saturated heterocycles. The molecule has 1 aromatic rings. The highest BCUT2D eigenvalue weighted by Crippen LogP contribution is 2.44. The quantitative estimate of drug-likeness (QED) is 0.858. The van der Waals surface area contributed by atoms with Gasteiger partial charge in [-0.2, -0.15) is 0 Å². The van der Waals surface area contributed by atoms with E-state index in [0.29, 0.717) is 19.4 Å². The van der Waals surface area contributed by atoms with Crippen LogP contribution < -0.4 is 0 Å². The first-order chi connectivity index (χ1) is 11.5. The number of carbonyl (C=O) groups is 1. The van der Waals surface area contributed by atoms with E-state index in [0.717, 1.165) is 63.0 Å². The summed E-state index contributed by atoms with van der Waals surface area (Å²) in [5.74, 6) is 0.768. The molecule has 0 aromatic carbocycles. The summed E-state index contributed by atoms with van der Waals surface area (Å²) in [6.07, 6.45) is 10.4. The van der Waals surface area contributed by atoms with Gasteiger partial charge in [-0.15, -0.1) is 0 Å². The Kier molecular flexibility index (Phi) is 3.87. The number of carbonyl (C=O) groups excluding carboxylic acids is 1. The van der Waals surface area contributed by atoms with Crippen LogP contribution in [-0.4, -0.2) is 44.6 Å². The second kappa shape index (κ2) is 5.80. The zero-order valence-corrected chi connectivity index (χ0v) is 14.6. The number of hydrogen-bond acceptors (Lipinski definition) is 4. The molecule has 1 atom stereocenters. The number of amides is 1. The number of likely N-dealkylation sites (tertiary alicyclic amines) is 1. The first-order valence-corrected chi connectivity index (χ1v) is 9.37. The van der Waals surface area contributed by atoms with Gasteiger partial charge in [0.2, 0.25) is 0 Å². The van der Waals surface area contributed by atoms with Crippen molar-refractivity contribution < 1.29 is 9.90 Å². The van der Waals surface area contributed by atoms with Gasteiger partial charge in [0.1, 0.15) is 11.4 Å². The Labute approximate surface area is 143 Å². The summed E-state index contributed by atoms with van der Waals surface area (Å²) in [4.78, 5) is 24.0. The van der Waals surface area contributed by atoms with E-state index >= 15 is 0 Å². The fourth-order valence-corrected chi connectivity index (χ4v) is 4.98. The zero-order chi connectivity index (χ0) is 16.8. The van der Waals surface area contributed by atoms with E-state index in [1.165, 1.54) is 5.56 Å². The molecule has 1 aromatic heterocycles. The third-order valence-corrected chi connectivity index (χ3v) is 6.30. The number of fused-ring (bicyclic) bond motifs is 2. The topological polar surface area (TPSA) is 66.3 Å². The maximum Gasteiger partial charge on any atom is 0.254 e. The van der Waals surface area contributed by atoms with Crippen LogP contribution in [-0.2, 0) is 16.6 Å². The van der Waals surface area contributed by atoms with E-state index in [9.17, 15) is 9.90 Å². The van der Waals surface area contributed by atoms with Crippen LogP contribution in [0.2, 0.25) is 0 Å². The molecule has 0 radical (unpaired) electrons. The molecule has 4 rings (SSSR count). The predicted octanol–water partition coefficient (Wildman–Crippen LogP) is 2.29. The van der Waals surface area contributed by atoms with Crippen molar-refractivity contribution in [1.82, 2.24) is 14.9 Å². The van der Waals surface area contributed by atoms with Gasteiger partial charge >= 0.3 is 0 Å². The van der Waals surface area contributed by atoms with Crippen LogP contribution in [0, 0.1) is 6.92 Å². The maximum absolute atomic E-state index is 13.0. The summed E-state index contributed by atoms with van der Waals surface area (Å²) in [6, 6.07) is 0. The molecular weight excluding hydrogens is 302 g/mol. The molecule has 2 fully saturated rings. The third kappa shape index (κ3) is 2.53. The highest BCUT2D eigenvalue weighted by Gasteiger charge is 2.48. The third-order valence-electron chi connectivity index (χ3n) is 6.30. The van der Waals surface area contributed by atoms with Gasteiger partial charge in [-0.05, 0) is 51.0 Å². The Bertz CT molecular complexity index is 650. The van der Waals surface area contributed by atoms with Crippen molar-refractivity contribution in [3.05, 3.63) is 23.3 Å². The fourth-order valence-electron chi connectivity index (χ4n) is 4.98. The molecule has 1 amide bonds. The minimum absolute atomic E-state index is 0.0258. The lowest BCUT2D eigenvalue weighted by Gasteiger charge is -2.44. The summed E-state index contributed by atoms with van der Waals surface area (Å²) in [5, 5.41) is 10.8. The van der Waals surface area contributed by atoms with Crippen LogP contribution in [0.5, 0.6) is 0 Å². The second-order valence-corrected chi connectivity index (χ2v) is 7.99. The molecule has 0 bridgehead atoms. The lowest BCUT2D eigenvalue weighted by atomic mass is 9.76. The lowest BCUT2D eigenvalue weighted by Crippen LogP contribution is -2.56. The van der Waals surface area contributed by atoms with Gasteiger partial charge in [0, 0.05) is 24.7 Å². The molecule has 1 spiro atoms. The highest BCUT2D eigenvalue weighted by molar-refractivity contribution is 5.85. The Hall–Kier alpha value is -1.49. The van der Waals surface area contributed by atoms with E-state index in [4.69, 9.17) is 4.98 Å². The smallest absolute Gasteiger partial charge is 0.254 e. The first-order valence-electron chi connectivity index (χ1n) is 9.37. The number of piperidine rings is 1. The summed E-state index contributed by atoms with van der Waals surface area (Å²) < 4.78 is 0. The number of nitrogens with zero attached hydrogens (tertiary/aromatic N) is 3. The van der Waals surface area contributed by atoms with Crippen molar-refractivity contribution in [2.45, 2.75) is 75.7 Å². The van der Waals surface area contributed by atoms with Crippen LogP contribution in [0.25, 0.3) is 0 Å². The average molecular weight is 329 g/mol. The van der Waals surface area contributed by atoms with Gasteiger partial charge in [0.05, 0.1) is 5.69 Å².